The molecule has 17 heavy (non-hydrogen) atoms. The highest BCUT2D eigenvalue weighted by Crippen LogP contribution is 2.24. The number of hydrogen-bond acceptors (Lipinski definition) is 1. The second kappa shape index (κ2) is 4.72. The monoisotopic (exact) mass is 303 g/mol. The molecule has 0 spiro atoms. The molecule has 2 nitrogen and oxygen atoms in total. The maximum absolute atomic E-state index is 13.6. The van der Waals surface area contributed by atoms with Crippen molar-refractivity contribution in [3.05, 3.63) is 33.8 Å². The van der Waals surface area contributed by atoms with Gasteiger partial charge < -0.3 is 4.90 Å². The van der Waals surface area contributed by atoms with Crippen LogP contribution in [0, 0.1) is 11.6 Å². The molecule has 1 aromatic carbocycles. The Morgan fingerprint density at radius 3 is 2.71 bits per heavy atom. The number of carbonyl (C=O) groups is 1. The van der Waals surface area contributed by atoms with Crippen LogP contribution in [0.3, 0.4) is 0 Å². The van der Waals surface area contributed by atoms with Gasteiger partial charge in [0.2, 0.25) is 0 Å². The first kappa shape index (κ1) is 12.5. The number of amides is 1. The SMILES string of the molecule is C[C@@H]1CCCN1C(=O)c1cc(Br)c(F)cc1F. The molecule has 92 valence electrons. The predicted octanol–water partition coefficient (Wildman–Crippen LogP) is 3.35. The van der Waals surface area contributed by atoms with Gasteiger partial charge in [-0.15, -0.1) is 0 Å². The lowest BCUT2D eigenvalue weighted by Crippen LogP contribution is -2.34. The molecule has 1 aliphatic heterocycles. The van der Waals surface area contributed by atoms with Crippen molar-refractivity contribution in [3.8, 4) is 0 Å². The van der Waals surface area contributed by atoms with Crippen LogP contribution < -0.4 is 0 Å². The molecule has 0 bridgehead atoms. The van der Waals surface area contributed by atoms with E-state index < -0.39 is 11.6 Å². The number of hydrogen-bond donors (Lipinski definition) is 0. The van der Waals surface area contributed by atoms with Crippen molar-refractivity contribution >= 4 is 21.8 Å². The van der Waals surface area contributed by atoms with Gasteiger partial charge in [0.15, 0.2) is 0 Å². The maximum atomic E-state index is 13.6. The maximum Gasteiger partial charge on any atom is 0.257 e. The number of carbonyl (C=O) groups excluding carboxylic acids is 1. The second-order valence-corrected chi connectivity index (χ2v) is 5.09. The number of nitrogens with zero attached hydrogens (tertiary/aromatic N) is 1. The number of halogens is 3. The Labute approximate surface area is 107 Å². The zero-order valence-electron chi connectivity index (χ0n) is 9.34. The topological polar surface area (TPSA) is 20.3 Å². The third-order valence-corrected chi connectivity index (χ3v) is 3.66. The molecular formula is C12H12BrF2NO. The van der Waals surface area contributed by atoms with Gasteiger partial charge in [-0.3, -0.25) is 4.79 Å². The molecule has 1 heterocycles. The van der Waals surface area contributed by atoms with Gasteiger partial charge in [0.25, 0.3) is 5.91 Å². The lowest BCUT2D eigenvalue weighted by Gasteiger charge is -2.21. The minimum atomic E-state index is -0.810. The highest BCUT2D eigenvalue weighted by Gasteiger charge is 2.28. The van der Waals surface area contributed by atoms with Gasteiger partial charge >= 0.3 is 0 Å². The first-order valence-corrected chi connectivity index (χ1v) is 6.25. The summed E-state index contributed by atoms with van der Waals surface area (Å²) in [4.78, 5) is 13.7. The molecule has 1 aromatic rings. The third kappa shape index (κ3) is 2.34. The summed E-state index contributed by atoms with van der Waals surface area (Å²) >= 11 is 2.96. The van der Waals surface area contributed by atoms with E-state index >= 15 is 0 Å². The van der Waals surface area contributed by atoms with E-state index in [1.165, 1.54) is 6.07 Å². The fraction of sp³-hybridized carbons (Fsp3) is 0.417. The normalized spacial score (nSPS) is 19.8. The van der Waals surface area contributed by atoms with E-state index in [4.69, 9.17) is 0 Å². The van der Waals surface area contributed by atoms with Gasteiger partial charge in [0.1, 0.15) is 11.6 Å². The average Bonchev–Trinajstić information content (AvgIpc) is 2.69. The van der Waals surface area contributed by atoms with E-state index in [1.807, 2.05) is 6.92 Å². The molecule has 1 amide bonds. The van der Waals surface area contributed by atoms with E-state index in [2.05, 4.69) is 15.9 Å². The molecule has 0 unspecified atom stereocenters. The summed E-state index contributed by atoms with van der Waals surface area (Å²) in [6, 6.07) is 2.06. The van der Waals surface area contributed by atoms with Crippen molar-refractivity contribution in [1.82, 2.24) is 4.90 Å². The van der Waals surface area contributed by atoms with E-state index in [0.717, 1.165) is 18.9 Å². The molecule has 0 aromatic heterocycles. The third-order valence-electron chi connectivity index (χ3n) is 3.05. The van der Waals surface area contributed by atoms with Crippen LogP contribution in [0.25, 0.3) is 0 Å². The summed E-state index contributed by atoms with van der Waals surface area (Å²) < 4.78 is 26.7. The van der Waals surface area contributed by atoms with Crippen molar-refractivity contribution in [1.29, 1.82) is 0 Å². The van der Waals surface area contributed by atoms with Gasteiger partial charge in [0, 0.05) is 18.7 Å². The van der Waals surface area contributed by atoms with Crippen LogP contribution in [0.1, 0.15) is 30.1 Å². The Kier molecular flexibility index (Phi) is 3.47. The van der Waals surface area contributed by atoms with Gasteiger partial charge in [-0.1, -0.05) is 0 Å². The summed E-state index contributed by atoms with van der Waals surface area (Å²) in [5.41, 5.74) is -0.0768. The lowest BCUT2D eigenvalue weighted by molar-refractivity contribution is 0.0742. The van der Waals surface area contributed by atoms with Crippen molar-refractivity contribution in [2.75, 3.05) is 6.54 Å². The largest absolute Gasteiger partial charge is 0.336 e. The smallest absolute Gasteiger partial charge is 0.257 e. The molecule has 1 saturated heterocycles. The van der Waals surface area contributed by atoms with E-state index in [1.54, 1.807) is 4.90 Å². The summed E-state index contributed by atoms with van der Waals surface area (Å²) in [6.45, 7) is 2.57. The molecule has 0 radical (unpaired) electrons. The average molecular weight is 304 g/mol. The predicted molar refractivity (Wildman–Crippen MR) is 63.8 cm³/mol. The van der Waals surface area contributed by atoms with Crippen LogP contribution in [0.15, 0.2) is 16.6 Å². The Morgan fingerprint density at radius 1 is 1.41 bits per heavy atom. The summed E-state index contributed by atoms with van der Waals surface area (Å²) in [5.74, 6) is -1.88. The lowest BCUT2D eigenvalue weighted by atomic mass is 10.1. The van der Waals surface area contributed by atoms with Crippen LogP contribution in [-0.2, 0) is 0 Å². The molecule has 2 rings (SSSR count). The van der Waals surface area contributed by atoms with Crippen LogP contribution in [0.2, 0.25) is 0 Å². The molecule has 0 N–H and O–H groups in total. The quantitative estimate of drug-likeness (QED) is 0.729. The standard InChI is InChI=1S/C12H12BrF2NO/c1-7-3-2-4-16(7)12(17)8-5-9(13)11(15)6-10(8)14/h5-7H,2-4H2,1H3/t7-/m1/s1. The molecule has 0 aliphatic carbocycles. The molecule has 1 atom stereocenters. The number of rotatable bonds is 1. The Balaban J connectivity index is 2.34. The summed E-state index contributed by atoms with van der Waals surface area (Å²) in [7, 11) is 0. The molecule has 1 fully saturated rings. The van der Waals surface area contributed by atoms with E-state index in [0.29, 0.717) is 6.54 Å². The number of benzene rings is 1. The Morgan fingerprint density at radius 2 is 2.12 bits per heavy atom. The minimum absolute atomic E-state index is 0.0768. The van der Waals surface area contributed by atoms with E-state index in [-0.39, 0.29) is 22.0 Å². The van der Waals surface area contributed by atoms with Crippen molar-refractivity contribution in [2.45, 2.75) is 25.8 Å². The minimum Gasteiger partial charge on any atom is -0.336 e. The Hall–Kier alpha value is -0.970. The van der Waals surface area contributed by atoms with Gasteiger partial charge in [0.05, 0.1) is 10.0 Å². The van der Waals surface area contributed by atoms with Crippen LogP contribution in [0.4, 0.5) is 8.78 Å². The fourth-order valence-electron chi connectivity index (χ4n) is 2.08. The zero-order chi connectivity index (χ0) is 12.6. The van der Waals surface area contributed by atoms with Crippen molar-refractivity contribution < 1.29 is 13.6 Å². The zero-order valence-corrected chi connectivity index (χ0v) is 10.9. The highest BCUT2D eigenvalue weighted by atomic mass is 79.9. The molecule has 0 saturated carbocycles. The van der Waals surface area contributed by atoms with Gasteiger partial charge in [-0.25, -0.2) is 8.78 Å². The van der Waals surface area contributed by atoms with E-state index in [9.17, 15) is 13.6 Å². The fourth-order valence-corrected chi connectivity index (χ4v) is 2.42. The molecule has 1 aliphatic rings. The summed E-state index contributed by atoms with van der Waals surface area (Å²) in [5, 5.41) is 0. The van der Waals surface area contributed by atoms with Crippen LogP contribution >= 0.6 is 15.9 Å². The molecule has 5 heteroatoms. The van der Waals surface area contributed by atoms with Crippen molar-refractivity contribution in [2.24, 2.45) is 0 Å². The highest BCUT2D eigenvalue weighted by molar-refractivity contribution is 9.10. The Bertz CT molecular complexity index is 464. The van der Waals surface area contributed by atoms with Crippen LogP contribution in [0.5, 0.6) is 0 Å². The first-order valence-electron chi connectivity index (χ1n) is 5.46. The second-order valence-electron chi connectivity index (χ2n) is 4.24. The van der Waals surface area contributed by atoms with Crippen molar-refractivity contribution in [3.63, 3.8) is 0 Å². The molecular weight excluding hydrogens is 292 g/mol. The number of likely N-dealkylation sites (tertiary alicyclic amines) is 1. The van der Waals surface area contributed by atoms with Gasteiger partial charge in [-0.2, -0.15) is 0 Å². The first-order chi connectivity index (χ1) is 8.00. The van der Waals surface area contributed by atoms with Crippen LogP contribution in [-0.4, -0.2) is 23.4 Å². The summed E-state index contributed by atoms with van der Waals surface area (Å²) in [6.07, 6.45) is 1.85. The van der Waals surface area contributed by atoms with Gasteiger partial charge in [-0.05, 0) is 41.8 Å².